The monoisotopic (exact) mass is 414 g/mol. The molecule has 0 saturated heterocycles. The lowest BCUT2D eigenvalue weighted by Crippen LogP contribution is -2.40. The van der Waals surface area contributed by atoms with Crippen LogP contribution in [0.4, 0.5) is 16.6 Å². The Balaban J connectivity index is 1.70. The molecule has 3 rings (SSSR count). The summed E-state index contributed by atoms with van der Waals surface area (Å²) < 4.78 is 2.06. The molecule has 29 heavy (non-hydrogen) atoms. The molecule has 3 aromatic rings. The fraction of sp³-hybridized carbons (Fsp3) is 0.263. The largest absolute Gasteiger partial charge is 0.383 e. The third-order valence-electron chi connectivity index (χ3n) is 4.69. The summed E-state index contributed by atoms with van der Waals surface area (Å²) in [4.78, 5) is 40.8. The fourth-order valence-electron chi connectivity index (χ4n) is 2.72. The Morgan fingerprint density at radius 1 is 1.17 bits per heavy atom. The molecule has 0 saturated carbocycles. The number of nitrogens with one attached hydrogen (secondary N) is 2. The Morgan fingerprint density at radius 3 is 2.59 bits per heavy atom. The number of nitrogens with two attached hydrogens (primary N) is 1. The summed E-state index contributed by atoms with van der Waals surface area (Å²) in [5, 5.41) is 7.72. The number of nitrogens with zero attached hydrogens (tertiary/aromatic N) is 3. The van der Waals surface area contributed by atoms with Crippen LogP contribution in [0.2, 0.25) is 0 Å². The first kappa shape index (κ1) is 20.3. The summed E-state index contributed by atoms with van der Waals surface area (Å²) in [5.41, 5.74) is 8.82. The van der Waals surface area contributed by atoms with E-state index in [0.717, 1.165) is 20.4 Å². The molecule has 10 heteroatoms. The molecule has 0 bridgehead atoms. The number of hydrogen-bond donors (Lipinski definition) is 3. The molecule has 1 amide bonds. The van der Waals surface area contributed by atoms with Gasteiger partial charge in [0, 0.05) is 25.0 Å². The highest BCUT2D eigenvalue weighted by Gasteiger charge is 2.15. The Kier molecular flexibility index (Phi) is 5.55. The number of benzene rings is 1. The van der Waals surface area contributed by atoms with E-state index < -0.39 is 11.2 Å². The average Bonchev–Trinajstić information content (AvgIpc) is 3.15. The van der Waals surface area contributed by atoms with Crippen LogP contribution in [0.25, 0.3) is 11.3 Å². The number of aromatic nitrogens is 3. The Hall–Kier alpha value is -3.40. The molecule has 0 aliphatic rings. The zero-order valence-electron chi connectivity index (χ0n) is 16.6. The first-order valence-corrected chi connectivity index (χ1v) is 9.69. The van der Waals surface area contributed by atoms with E-state index in [1.807, 2.05) is 31.4 Å². The predicted octanol–water partition coefficient (Wildman–Crippen LogP) is 1.46. The van der Waals surface area contributed by atoms with Crippen LogP contribution in [0.15, 0.2) is 33.2 Å². The Labute approximate surface area is 170 Å². The standard InChI is InChI=1S/C19H22N6O3S/c1-10-5-6-12(7-11(10)2)13-9-29-18(22-13)23-14(26)8-21-15-16(20)24(3)19(28)25(4)17(15)27/h5-7,9,21H,8,20H2,1-4H3,(H,22,23,26). The van der Waals surface area contributed by atoms with Gasteiger partial charge in [-0.15, -0.1) is 11.3 Å². The quantitative estimate of drug-likeness (QED) is 0.581. The van der Waals surface area contributed by atoms with Crippen molar-refractivity contribution in [1.82, 2.24) is 14.1 Å². The molecule has 0 aliphatic heterocycles. The maximum Gasteiger partial charge on any atom is 0.332 e. The van der Waals surface area contributed by atoms with Crippen LogP contribution in [0.3, 0.4) is 0 Å². The number of thiazole rings is 1. The predicted molar refractivity (Wildman–Crippen MR) is 115 cm³/mol. The van der Waals surface area contributed by atoms with Crippen molar-refractivity contribution >= 4 is 33.9 Å². The van der Waals surface area contributed by atoms with E-state index in [0.29, 0.717) is 5.13 Å². The van der Waals surface area contributed by atoms with Crippen molar-refractivity contribution in [3.63, 3.8) is 0 Å². The van der Waals surface area contributed by atoms with Gasteiger partial charge in [0.25, 0.3) is 5.56 Å². The molecule has 0 fully saturated rings. The summed E-state index contributed by atoms with van der Waals surface area (Å²) in [6, 6.07) is 6.07. The minimum atomic E-state index is -0.593. The number of anilines is 3. The molecular formula is C19H22N6O3S. The molecule has 9 nitrogen and oxygen atoms in total. The second kappa shape index (κ2) is 7.92. The van der Waals surface area contributed by atoms with Crippen LogP contribution in [-0.2, 0) is 18.9 Å². The zero-order valence-corrected chi connectivity index (χ0v) is 17.4. The molecule has 0 unspecified atom stereocenters. The molecule has 152 valence electrons. The first-order chi connectivity index (χ1) is 13.7. The minimum Gasteiger partial charge on any atom is -0.383 e. The number of amides is 1. The van der Waals surface area contributed by atoms with Gasteiger partial charge in [-0.2, -0.15) is 0 Å². The maximum absolute atomic E-state index is 12.3. The Bertz CT molecular complexity index is 1210. The second-order valence-corrected chi connectivity index (χ2v) is 7.56. The zero-order chi connectivity index (χ0) is 21.3. The smallest absolute Gasteiger partial charge is 0.332 e. The van der Waals surface area contributed by atoms with Gasteiger partial charge >= 0.3 is 5.69 Å². The van der Waals surface area contributed by atoms with Gasteiger partial charge in [0.05, 0.1) is 12.2 Å². The topological polar surface area (TPSA) is 124 Å². The van der Waals surface area contributed by atoms with Crippen LogP contribution in [0.1, 0.15) is 11.1 Å². The number of aryl methyl sites for hydroxylation is 2. The molecule has 2 heterocycles. The third-order valence-corrected chi connectivity index (χ3v) is 5.45. The van der Waals surface area contributed by atoms with Gasteiger partial charge in [-0.3, -0.25) is 18.7 Å². The summed E-state index contributed by atoms with van der Waals surface area (Å²) in [6.07, 6.45) is 0. The van der Waals surface area contributed by atoms with E-state index in [4.69, 9.17) is 5.73 Å². The van der Waals surface area contributed by atoms with Gasteiger partial charge in [0.1, 0.15) is 11.5 Å². The van der Waals surface area contributed by atoms with E-state index in [1.54, 1.807) is 0 Å². The van der Waals surface area contributed by atoms with E-state index in [2.05, 4.69) is 21.7 Å². The number of hydrogen-bond acceptors (Lipinski definition) is 7. The van der Waals surface area contributed by atoms with E-state index in [1.165, 1.54) is 36.6 Å². The van der Waals surface area contributed by atoms with Gasteiger partial charge in [-0.1, -0.05) is 12.1 Å². The molecule has 0 atom stereocenters. The minimum absolute atomic E-state index is 0.000270. The van der Waals surface area contributed by atoms with Crippen LogP contribution in [-0.4, -0.2) is 26.6 Å². The lowest BCUT2D eigenvalue weighted by molar-refractivity contribution is -0.114. The molecule has 0 radical (unpaired) electrons. The average molecular weight is 414 g/mol. The number of carbonyl (C=O) groups excluding carboxylic acids is 1. The van der Waals surface area contributed by atoms with Crippen molar-refractivity contribution < 1.29 is 4.79 Å². The van der Waals surface area contributed by atoms with Gasteiger partial charge in [0.15, 0.2) is 5.13 Å². The summed E-state index contributed by atoms with van der Waals surface area (Å²) in [7, 11) is 2.80. The lowest BCUT2D eigenvalue weighted by atomic mass is 10.1. The van der Waals surface area contributed by atoms with Gasteiger partial charge in [-0.05, 0) is 31.0 Å². The van der Waals surface area contributed by atoms with E-state index in [9.17, 15) is 14.4 Å². The molecule has 4 N–H and O–H groups in total. The van der Waals surface area contributed by atoms with Gasteiger partial charge in [0.2, 0.25) is 5.91 Å². The third kappa shape index (κ3) is 4.06. The molecule has 2 aromatic heterocycles. The van der Waals surface area contributed by atoms with Gasteiger partial charge in [-0.25, -0.2) is 9.78 Å². The van der Waals surface area contributed by atoms with Crippen molar-refractivity contribution in [3.8, 4) is 11.3 Å². The summed E-state index contributed by atoms with van der Waals surface area (Å²) >= 11 is 1.31. The molecule has 0 spiro atoms. The van der Waals surface area contributed by atoms with Crippen LogP contribution in [0.5, 0.6) is 0 Å². The first-order valence-electron chi connectivity index (χ1n) is 8.81. The molecule has 0 aliphatic carbocycles. The van der Waals surface area contributed by atoms with Crippen molar-refractivity contribution in [1.29, 1.82) is 0 Å². The second-order valence-electron chi connectivity index (χ2n) is 6.70. The highest BCUT2D eigenvalue weighted by molar-refractivity contribution is 7.14. The van der Waals surface area contributed by atoms with Gasteiger partial charge < -0.3 is 16.4 Å². The van der Waals surface area contributed by atoms with Crippen molar-refractivity contribution in [2.45, 2.75) is 13.8 Å². The van der Waals surface area contributed by atoms with Crippen LogP contribution >= 0.6 is 11.3 Å². The van der Waals surface area contributed by atoms with Crippen molar-refractivity contribution in [3.05, 3.63) is 55.5 Å². The normalized spacial score (nSPS) is 10.8. The number of nitrogen functional groups attached to an aromatic ring is 1. The Morgan fingerprint density at radius 2 is 1.90 bits per heavy atom. The highest BCUT2D eigenvalue weighted by Crippen LogP contribution is 2.26. The number of carbonyl (C=O) groups is 1. The maximum atomic E-state index is 12.3. The highest BCUT2D eigenvalue weighted by atomic mass is 32.1. The van der Waals surface area contributed by atoms with Crippen molar-refractivity contribution in [2.24, 2.45) is 14.1 Å². The summed E-state index contributed by atoms with van der Waals surface area (Å²) in [6.45, 7) is 3.88. The summed E-state index contributed by atoms with van der Waals surface area (Å²) in [5.74, 6) is -0.418. The lowest BCUT2D eigenvalue weighted by Gasteiger charge is -2.12. The SMILES string of the molecule is Cc1ccc(-c2csc(NC(=O)CNc3c(N)n(C)c(=O)n(C)c3=O)n2)cc1C. The number of rotatable bonds is 5. The van der Waals surface area contributed by atoms with E-state index >= 15 is 0 Å². The molecular weight excluding hydrogens is 392 g/mol. The fourth-order valence-corrected chi connectivity index (χ4v) is 3.46. The van der Waals surface area contributed by atoms with E-state index in [-0.39, 0.29) is 24.0 Å². The van der Waals surface area contributed by atoms with Crippen LogP contribution in [0, 0.1) is 13.8 Å². The molecule has 1 aromatic carbocycles. The van der Waals surface area contributed by atoms with Crippen molar-refractivity contribution in [2.75, 3.05) is 22.9 Å². The van der Waals surface area contributed by atoms with Crippen LogP contribution < -0.4 is 27.6 Å².